The van der Waals surface area contributed by atoms with Gasteiger partial charge in [0.1, 0.15) is 12.6 Å². The highest BCUT2D eigenvalue weighted by Crippen LogP contribution is 2.15. The molecule has 4 heteroatoms. The van der Waals surface area contributed by atoms with E-state index in [1.807, 2.05) is 0 Å². The van der Waals surface area contributed by atoms with Crippen LogP contribution in [0.15, 0.2) is 0 Å². The van der Waals surface area contributed by atoms with Crippen LogP contribution in [0.2, 0.25) is 0 Å². The average molecular weight is 443 g/mol. The van der Waals surface area contributed by atoms with E-state index in [2.05, 4.69) is 21.0 Å². The average Bonchev–Trinajstić information content (AvgIpc) is 2.70. The summed E-state index contributed by atoms with van der Waals surface area (Å²) in [5.74, 6) is -0.672. The lowest BCUT2D eigenvalue weighted by atomic mass is 10.0. The molecule has 0 bridgehead atoms. The van der Waals surface area contributed by atoms with Gasteiger partial charge in [-0.15, -0.1) is 0 Å². The lowest BCUT2D eigenvalue weighted by molar-refractivity contribution is -0.893. The zero-order valence-corrected chi connectivity index (χ0v) is 21.4. The molecule has 186 valence electrons. The van der Waals surface area contributed by atoms with Gasteiger partial charge in [-0.25, -0.2) is 0 Å². The lowest BCUT2D eigenvalue weighted by Crippen LogP contribution is -2.45. The second kappa shape index (κ2) is 21.2. The quantitative estimate of drug-likeness (QED) is 0.121. The number of nitrogens with zero attached hydrogens (tertiary/aromatic N) is 1. The van der Waals surface area contributed by atoms with E-state index >= 15 is 0 Å². The van der Waals surface area contributed by atoms with Crippen molar-refractivity contribution in [2.24, 2.45) is 0 Å². The summed E-state index contributed by atoms with van der Waals surface area (Å²) in [6.07, 6.45) is 23.9. The van der Waals surface area contributed by atoms with Crippen molar-refractivity contribution in [1.82, 2.24) is 0 Å². The summed E-state index contributed by atoms with van der Waals surface area (Å²) in [4.78, 5) is 10.5. The number of hydrogen-bond acceptors (Lipinski definition) is 2. The Morgan fingerprint density at radius 2 is 1.10 bits per heavy atom. The number of aliphatic hydroxyl groups excluding tert-OH is 1. The molecule has 1 unspecified atom stereocenters. The van der Waals surface area contributed by atoms with Crippen LogP contribution in [0.25, 0.3) is 0 Å². The van der Waals surface area contributed by atoms with Crippen LogP contribution in [-0.4, -0.2) is 54.0 Å². The SMILES string of the molecule is CCCCCCCCCCCCC(O)C[N+](C)(C)CCCCCCCCCCC(=O)O. The summed E-state index contributed by atoms with van der Waals surface area (Å²) < 4.78 is 0.925. The van der Waals surface area contributed by atoms with Crippen molar-refractivity contribution in [2.75, 3.05) is 27.2 Å². The third kappa shape index (κ3) is 23.9. The number of carboxylic acids is 1. The summed E-state index contributed by atoms with van der Waals surface area (Å²) in [5, 5.41) is 19.1. The molecule has 0 heterocycles. The molecule has 2 N–H and O–H groups in total. The first-order valence-electron chi connectivity index (χ1n) is 13.6. The van der Waals surface area contributed by atoms with Gasteiger partial charge in [-0.05, 0) is 25.7 Å². The second-order valence-electron chi connectivity index (χ2n) is 10.4. The highest BCUT2D eigenvalue weighted by Gasteiger charge is 2.19. The van der Waals surface area contributed by atoms with E-state index < -0.39 is 5.97 Å². The first-order chi connectivity index (χ1) is 14.9. The van der Waals surface area contributed by atoms with E-state index in [1.165, 1.54) is 103 Å². The summed E-state index contributed by atoms with van der Waals surface area (Å²) >= 11 is 0. The molecule has 0 aromatic carbocycles. The largest absolute Gasteiger partial charge is 0.481 e. The van der Waals surface area contributed by atoms with Crippen molar-refractivity contribution in [3.05, 3.63) is 0 Å². The first-order valence-corrected chi connectivity index (χ1v) is 13.6. The van der Waals surface area contributed by atoms with Crippen LogP contribution >= 0.6 is 0 Å². The van der Waals surface area contributed by atoms with Crippen molar-refractivity contribution in [1.29, 1.82) is 0 Å². The number of rotatable bonds is 24. The van der Waals surface area contributed by atoms with Gasteiger partial charge in [0.05, 0.1) is 20.6 Å². The Labute approximate surface area is 194 Å². The van der Waals surface area contributed by atoms with Crippen LogP contribution in [0.3, 0.4) is 0 Å². The lowest BCUT2D eigenvalue weighted by Gasteiger charge is -2.32. The van der Waals surface area contributed by atoms with E-state index in [-0.39, 0.29) is 6.10 Å². The second-order valence-corrected chi connectivity index (χ2v) is 10.4. The number of hydrogen-bond donors (Lipinski definition) is 2. The Bertz CT molecular complexity index is 398. The smallest absolute Gasteiger partial charge is 0.303 e. The molecule has 0 saturated heterocycles. The van der Waals surface area contributed by atoms with E-state index in [0.29, 0.717) is 6.42 Å². The van der Waals surface area contributed by atoms with E-state index in [4.69, 9.17) is 5.11 Å². The highest BCUT2D eigenvalue weighted by atomic mass is 16.4. The Morgan fingerprint density at radius 1 is 0.677 bits per heavy atom. The molecule has 31 heavy (non-hydrogen) atoms. The third-order valence-electron chi connectivity index (χ3n) is 6.50. The minimum atomic E-state index is -0.672. The molecule has 0 aliphatic heterocycles. The van der Waals surface area contributed by atoms with Gasteiger partial charge in [0.25, 0.3) is 0 Å². The van der Waals surface area contributed by atoms with Gasteiger partial charge in [-0.1, -0.05) is 103 Å². The zero-order chi connectivity index (χ0) is 23.2. The van der Waals surface area contributed by atoms with Crippen LogP contribution in [0, 0.1) is 0 Å². The summed E-state index contributed by atoms with van der Waals surface area (Å²) in [7, 11) is 4.51. The maximum absolute atomic E-state index is 10.5. The van der Waals surface area contributed by atoms with Crippen LogP contribution in [-0.2, 0) is 4.79 Å². The maximum atomic E-state index is 10.5. The molecular weight excluding hydrogens is 386 g/mol. The third-order valence-corrected chi connectivity index (χ3v) is 6.50. The van der Waals surface area contributed by atoms with Crippen molar-refractivity contribution >= 4 is 5.97 Å². The number of aliphatic hydroxyl groups is 1. The molecule has 0 aromatic rings. The minimum Gasteiger partial charge on any atom is -0.481 e. The standard InChI is InChI=1S/C27H55NO3/c1-4-5-6-7-8-9-10-13-16-19-22-26(29)25-28(2,3)24-21-18-15-12-11-14-17-20-23-27(30)31/h26,29H,4-25H2,1-3H3/p+1. The van der Waals surface area contributed by atoms with Crippen LogP contribution in [0.4, 0.5) is 0 Å². The Morgan fingerprint density at radius 3 is 1.58 bits per heavy atom. The predicted molar refractivity (Wildman–Crippen MR) is 133 cm³/mol. The van der Waals surface area contributed by atoms with Gasteiger partial charge < -0.3 is 14.7 Å². The molecule has 0 radical (unpaired) electrons. The van der Waals surface area contributed by atoms with E-state index in [1.54, 1.807) is 0 Å². The Hall–Kier alpha value is -0.610. The minimum absolute atomic E-state index is 0.158. The monoisotopic (exact) mass is 442 g/mol. The van der Waals surface area contributed by atoms with Gasteiger partial charge in [-0.2, -0.15) is 0 Å². The number of unbranched alkanes of at least 4 members (excludes halogenated alkanes) is 16. The molecule has 4 nitrogen and oxygen atoms in total. The van der Waals surface area contributed by atoms with Gasteiger partial charge in [0, 0.05) is 6.42 Å². The van der Waals surface area contributed by atoms with Crippen molar-refractivity contribution in [2.45, 2.75) is 141 Å². The highest BCUT2D eigenvalue weighted by molar-refractivity contribution is 5.66. The van der Waals surface area contributed by atoms with Crippen LogP contribution in [0.5, 0.6) is 0 Å². The van der Waals surface area contributed by atoms with Crippen molar-refractivity contribution < 1.29 is 19.5 Å². The van der Waals surface area contributed by atoms with Gasteiger partial charge in [0.2, 0.25) is 0 Å². The van der Waals surface area contributed by atoms with Crippen LogP contribution < -0.4 is 0 Å². The zero-order valence-electron chi connectivity index (χ0n) is 21.4. The summed E-state index contributed by atoms with van der Waals surface area (Å²) in [6, 6.07) is 0. The fraction of sp³-hybridized carbons (Fsp3) is 0.963. The first kappa shape index (κ1) is 30.4. The number of likely N-dealkylation sites (N-methyl/N-ethyl adjacent to an activating group) is 1. The summed E-state index contributed by atoms with van der Waals surface area (Å²) in [5.41, 5.74) is 0. The molecule has 0 aliphatic rings. The number of carboxylic acid groups (broad SMARTS) is 1. The summed E-state index contributed by atoms with van der Waals surface area (Å²) in [6.45, 7) is 4.29. The van der Waals surface area contributed by atoms with Gasteiger partial charge >= 0.3 is 5.97 Å². The van der Waals surface area contributed by atoms with Crippen LogP contribution in [0.1, 0.15) is 135 Å². The molecule has 0 aromatic heterocycles. The molecule has 0 amide bonds. The molecule has 1 atom stereocenters. The molecule has 0 aliphatic carbocycles. The molecule has 0 rings (SSSR count). The molecular formula is C27H56NO3+. The topological polar surface area (TPSA) is 57.5 Å². The fourth-order valence-corrected chi connectivity index (χ4v) is 4.50. The van der Waals surface area contributed by atoms with E-state index in [0.717, 1.165) is 36.8 Å². The van der Waals surface area contributed by atoms with Gasteiger partial charge in [-0.3, -0.25) is 4.79 Å². The van der Waals surface area contributed by atoms with Crippen molar-refractivity contribution in [3.8, 4) is 0 Å². The predicted octanol–water partition coefficient (Wildman–Crippen LogP) is 7.33. The molecule has 0 saturated carbocycles. The van der Waals surface area contributed by atoms with E-state index in [9.17, 15) is 9.90 Å². The fourth-order valence-electron chi connectivity index (χ4n) is 4.50. The number of quaternary nitrogens is 1. The maximum Gasteiger partial charge on any atom is 0.303 e. The molecule has 0 fully saturated rings. The molecule has 0 spiro atoms. The normalized spacial score (nSPS) is 12.9. The Balaban J connectivity index is 3.49. The Kier molecular flexibility index (Phi) is 20.8. The number of aliphatic carboxylic acids is 1. The number of carbonyl (C=O) groups is 1. The van der Waals surface area contributed by atoms with Crippen molar-refractivity contribution in [3.63, 3.8) is 0 Å². The van der Waals surface area contributed by atoms with Gasteiger partial charge in [0.15, 0.2) is 0 Å².